The van der Waals surface area contributed by atoms with E-state index in [0.717, 1.165) is 9.79 Å². The van der Waals surface area contributed by atoms with Gasteiger partial charge in [-0.25, -0.2) is 4.79 Å². The van der Waals surface area contributed by atoms with Crippen molar-refractivity contribution in [3.63, 3.8) is 0 Å². The van der Waals surface area contributed by atoms with Crippen LogP contribution < -0.4 is 5.32 Å². The van der Waals surface area contributed by atoms with Crippen LogP contribution in [0.4, 0.5) is 5.69 Å². The lowest BCUT2D eigenvalue weighted by molar-refractivity contribution is 0.0600. The van der Waals surface area contributed by atoms with Crippen molar-refractivity contribution in [1.29, 1.82) is 5.26 Å². The normalized spacial score (nSPS) is 10.0. The lowest BCUT2D eigenvalue weighted by Gasteiger charge is -2.11. The molecule has 0 saturated carbocycles. The molecule has 3 rings (SSSR count). The number of benzene rings is 3. The standard InChI is InChI=1S/C22H16N2O3S/c1-27-22(26)15-10-12-17(13-11-15)24-21(25)18-7-3-5-9-20(18)28-19-8-4-2-6-16(19)14-23/h2-13H,1H3,(H,24,25). The quantitative estimate of drug-likeness (QED) is 0.638. The molecule has 0 heterocycles. The van der Waals surface area contributed by atoms with Crippen molar-refractivity contribution in [2.24, 2.45) is 0 Å². The molecular weight excluding hydrogens is 372 g/mol. The fourth-order valence-electron chi connectivity index (χ4n) is 2.52. The maximum absolute atomic E-state index is 12.8. The van der Waals surface area contributed by atoms with Gasteiger partial charge in [-0.1, -0.05) is 36.0 Å². The fraction of sp³-hybridized carbons (Fsp3) is 0.0455. The lowest BCUT2D eigenvalue weighted by Crippen LogP contribution is -2.13. The molecule has 0 atom stereocenters. The Kier molecular flexibility index (Phi) is 6.10. The maximum Gasteiger partial charge on any atom is 0.337 e. The highest BCUT2D eigenvalue weighted by Crippen LogP contribution is 2.32. The molecule has 0 saturated heterocycles. The third-order valence-electron chi connectivity index (χ3n) is 3.92. The van der Waals surface area contributed by atoms with Gasteiger partial charge in [0.25, 0.3) is 5.91 Å². The zero-order chi connectivity index (χ0) is 19.9. The topological polar surface area (TPSA) is 79.2 Å². The number of rotatable bonds is 5. The Balaban J connectivity index is 1.81. The summed E-state index contributed by atoms with van der Waals surface area (Å²) in [6.45, 7) is 0. The van der Waals surface area contributed by atoms with Crippen molar-refractivity contribution < 1.29 is 14.3 Å². The summed E-state index contributed by atoms with van der Waals surface area (Å²) in [7, 11) is 1.32. The number of hydrogen-bond acceptors (Lipinski definition) is 5. The van der Waals surface area contributed by atoms with Crippen molar-refractivity contribution in [1.82, 2.24) is 0 Å². The second-order valence-electron chi connectivity index (χ2n) is 5.73. The van der Waals surface area contributed by atoms with Gasteiger partial charge in [-0.2, -0.15) is 5.26 Å². The van der Waals surface area contributed by atoms with Crippen molar-refractivity contribution in [3.05, 3.63) is 89.5 Å². The fourth-order valence-corrected chi connectivity index (χ4v) is 3.54. The molecule has 3 aromatic rings. The molecule has 0 aliphatic heterocycles. The Morgan fingerprint density at radius 2 is 1.57 bits per heavy atom. The van der Waals surface area contributed by atoms with E-state index in [2.05, 4.69) is 16.1 Å². The summed E-state index contributed by atoms with van der Waals surface area (Å²) in [6.07, 6.45) is 0. The molecule has 138 valence electrons. The molecule has 28 heavy (non-hydrogen) atoms. The monoisotopic (exact) mass is 388 g/mol. The third-order valence-corrected chi connectivity index (χ3v) is 5.07. The van der Waals surface area contributed by atoms with Gasteiger partial charge in [0.05, 0.1) is 23.8 Å². The van der Waals surface area contributed by atoms with E-state index in [1.54, 1.807) is 48.5 Å². The van der Waals surface area contributed by atoms with Gasteiger partial charge in [-0.3, -0.25) is 4.79 Å². The second kappa shape index (κ2) is 8.89. The molecule has 0 unspecified atom stereocenters. The van der Waals surface area contributed by atoms with Gasteiger partial charge in [-0.15, -0.1) is 0 Å². The first kappa shape index (κ1) is 19.2. The highest BCUT2D eigenvalue weighted by molar-refractivity contribution is 7.99. The van der Waals surface area contributed by atoms with E-state index >= 15 is 0 Å². The zero-order valence-corrected chi connectivity index (χ0v) is 15.8. The van der Waals surface area contributed by atoms with E-state index in [4.69, 9.17) is 0 Å². The number of nitrogens with one attached hydrogen (secondary N) is 1. The van der Waals surface area contributed by atoms with Crippen molar-refractivity contribution in [3.8, 4) is 6.07 Å². The smallest absolute Gasteiger partial charge is 0.337 e. The zero-order valence-electron chi connectivity index (χ0n) is 15.0. The van der Waals surface area contributed by atoms with E-state index in [1.807, 2.05) is 24.3 Å². The van der Waals surface area contributed by atoms with E-state index in [9.17, 15) is 14.9 Å². The lowest BCUT2D eigenvalue weighted by atomic mass is 10.2. The number of carbonyl (C=O) groups excluding carboxylic acids is 2. The first-order valence-electron chi connectivity index (χ1n) is 8.38. The van der Waals surface area contributed by atoms with Crippen LogP contribution in [0.15, 0.2) is 82.6 Å². The molecule has 0 fully saturated rings. The van der Waals surface area contributed by atoms with Crippen LogP contribution in [0.2, 0.25) is 0 Å². The first-order chi connectivity index (χ1) is 13.6. The van der Waals surface area contributed by atoms with E-state index in [1.165, 1.54) is 18.9 Å². The Hall–Kier alpha value is -3.56. The first-order valence-corrected chi connectivity index (χ1v) is 9.20. The summed E-state index contributed by atoms with van der Waals surface area (Å²) in [5.41, 5.74) is 2.03. The summed E-state index contributed by atoms with van der Waals surface area (Å²) in [5, 5.41) is 12.1. The molecule has 1 N–H and O–H groups in total. The van der Waals surface area contributed by atoms with Gasteiger partial charge in [0.1, 0.15) is 6.07 Å². The summed E-state index contributed by atoms with van der Waals surface area (Å²) in [4.78, 5) is 25.8. The molecule has 0 aromatic heterocycles. The van der Waals surface area contributed by atoms with Gasteiger partial charge in [0.2, 0.25) is 0 Å². The molecular formula is C22H16N2O3S. The van der Waals surface area contributed by atoms with Gasteiger partial charge in [0.15, 0.2) is 0 Å². The van der Waals surface area contributed by atoms with Crippen LogP contribution in [0.25, 0.3) is 0 Å². The maximum atomic E-state index is 12.8. The predicted octanol–water partition coefficient (Wildman–Crippen LogP) is 4.75. The molecule has 0 aliphatic carbocycles. The Bertz CT molecular complexity index is 1060. The average Bonchev–Trinajstić information content (AvgIpc) is 2.74. The Morgan fingerprint density at radius 3 is 2.25 bits per heavy atom. The van der Waals surface area contributed by atoms with Gasteiger partial charge in [-0.05, 0) is 48.5 Å². The van der Waals surface area contributed by atoms with Crippen LogP contribution in [0, 0.1) is 11.3 Å². The molecule has 6 heteroatoms. The Morgan fingerprint density at radius 1 is 0.929 bits per heavy atom. The largest absolute Gasteiger partial charge is 0.465 e. The van der Waals surface area contributed by atoms with Crippen molar-refractivity contribution in [2.75, 3.05) is 12.4 Å². The van der Waals surface area contributed by atoms with E-state index in [-0.39, 0.29) is 5.91 Å². The van der Waals surface area contributed by atoms with Crippen LogP contribution in [0.5, 0.6) is 0 Å². The molecule has 1 amide bonds. The number of amides is 1. The predicted molar refractivity (Wildman–Crippen MR) is 107 cm³/mol. The van der Waals surface area contributed by atoms with Gasteiger partial charge < -0.3 is 10.1 Å². The molecule has 0 aliphatic rings. The highest BCUT2D eigenvalue weighted by Gasteiger charge is 2.14. The number of hydrogen-bond donors (Lipinski definition) is 1. The number of esters is 1. The van der Waals surface area contributed by atoms with E-state index in [0.29, 0.717) is 22.4 Å². The van der Waals surface area contributed by atoms with E-state index < -0.39 is 5.97 Å². The van der Waals surface area contributed by atoms with Crippen LogP contribution in [-0.2, 0) is 4.74 Å². The summed E-state index contributed by atoms with van der Waals surface area (Å²) >= 11 is 1.37. The van der Waals surface area contributed by atoms with Crippen LogP contribution in [0.1, 0.15) is 26.3 Å². The van der Waals surface area contributed by atoms with Crippen LogP contribution in [0.3, 0.4) is 0 Å². The summed E-state index contributed by atoms with van der Waals surface area (Å²) in [5.74, 6) is -0.709. The summed E-state index contributed by atoms with van der Waals surface area (Å²) < 4.78 is 4.67. The van der Waals surface area contributed by atoms with Crippen molar-refractivity contribution in [2.45, 2.75) is 9.79 Å². The minimum Gasteiger partial charge on any atom is -0.465 e. The number of ether oxygens (including phenoxy) is 1. The molecule has 0 bridgehead atoms. The number of nitriles is 1. The molecule has 0 spiro atoms. The van der Waals surface area contributed by atoms with Gasteiger partial charge >= 0.3 is 5.97 Å². The SMILES string of the molecule is COC(=O)c1ccc(NC(=O)c2ccccc2Sc2ccccc2C#N)cc1. The second-order valence-corrected chi connectivity index (χ2v) is 6.81. The number of nitrogens with zero attached hydrogens (tertiary/aromatic N) is 1. The minimum absolute atomic E-state index is 0.275. The highest BCUT2D eigenvalue weighted by atomic mass is 32.2. The minimum atomic E-state index is -0.434. The van der Waals surface area contributed by atoms with Gasteiger partial charge in [0, 0.05) is 15.5 Å². The number of carbonyl (C=O) groups is 2. The summed E-state index contributed by atoms with van der Waals surface area (Å²) in [6, 6.07) is 23.1. The number of methoxy groups -OCH3 is 1. The van der Waals surface area contributed by atoms with Crippen LogP contribution in [-0.4, -0.2) is 19.0 Å². The third kappa shape index (κ3) is 4.40. The number of anilines is 1. The molecule has 0 radical (unpaired) electrons. The molecule has 5 nitrogen and oxygen atoms in total. The van der Waals surface area contributed by atoms with Crippen molar-refractivity contribution >= 4 is 29.3 Å². The Labute approximate surface area is 167 Å². The van der Waals surface area contributed by atoms with Crippen LogP contribution >= 0.6 is 11.8 Å². The molecule has 3 aromatic carbocycles. The average molecular weight is 388 g/mol.